The topological polar surface area (TPSA) is 15.3 Å². The third-order valence-corrected chi connectivity index (χ3v) is 4.19. The van der Waals surface area contributed by atoms with Gasteiger partial charge in [-0.3, -0.25) is 4.90 Å². The lowest BCUT2D eigenvalue weighted by Crippen LogP contribution is -2.45. The highest BCUT2D eigenvalue weighted by atomic mass is 79.9. The molecular weight excluding hydrogens is 378 g/mol. The maximum absolute atomic E-state index is 14.3. The molecule has 21 heavy (non-hydrogen) atoms. The minimum Gasteiger partial charge on any atom is -0.314 e. The molecule has 2 rings (SSSR count). The molecule has 1 saturated heterocycles. The van der Waals surface area contributed by atoms with Crippen LogP contribution in [0.4, 0.5) is 4.39 Å². The van der Waals surface area contributed by atoms with Gasteiger partial charge in [0.25, 0.3) is 0 Å². The Labute approximate surface area is 147 Å². The van der Waals surface area contributed by atoms with Crippen LogP contribution >= 0.6 is 40.7 Å². The van der Waals surface area contributed by atoms with Gasteiger partial charge in [-0.25, -0.2) is 4.39 Å². The van der Waals surface area contributed by atoms with Gasteiger partial charge in [-0.15, -0.1) is 31.4 Å². The molecule has 0 aromatic heterocycles. The highest BCUT2D eigenvalue weighted by molar-refractivity contribution is 9.10. The van der Waals surface area contributed by atoms with E-state index in [0.717, 1.165) is 44.6 Å². The summed E-state index contributed by atoms with van der Waals surface area (Å²) in [6.07, 6.45) is 3.72. The average molecular weight is 400 g/mol. The van der Waals surface area contributed by atoms with Crippen molar-refractivity contribution in [2.45, 2.75) is 18.9 Å². The largest absolute Gasteiger partial charge is 0.314 e. The highest BCUT2D eigenvalue weighted by Crippen LogP contribution is 2.31. The van der Waals surface area contributed by atoms with Gasteiger partial charge >= 0.3 is 0 Å². The summed E-state index contributed by atoms with van der Waals surface area (Å²) in [7, 11) is 0. The molecule has 2 nitrogen and oxygen atoms in total. The van der Waals surface area contributed by atoms with Gasteiger partial charge in [0.1, 0.15) is 5.82 Å². The molecule has 1 N–H and O–H groups in total. The first-order valence-corrected chi connectivity index (χ1v) is 7.53. The Bertz CT molecular complexity index is 440. The van der Waals surface area contributed by atoms with Crippen molar-refractivity contribution in [3.63, 3.8) is 0 Å². The number of hydrogen-bond acceptors (Lipinski definition) is 2. The van der Waals surface area contributed by atoms with E-state index in [9.17, 15) is 4.39 Å². The molecule has 1 fully saturated rings. The van der Waals surface area contributed by atoms with E-state index in [-0.39, 0.29) is 36.7 Å². The Kier molecular flexibility index (Phi) is 10.5. The number of halogens is 4. The summed E-state index contributed by atoms with van der Waals surface area (Å²) < 4.78 is 14.9. The van der Waals surface area contributed by atoms with E-state index >= 15 is 0 Å². The Morgan fingerprint density at radius 2 is 2.00 bits per heavy atom. The lowest BCUT2D eigenvalue weighted by atomic mass is 9.99. The first-order valence-electron chi connectivity index (χ1n) is 6.73. The SMILES string of the molecule is C=CCC[C@@H](c1cccc(Br)c1F)N1CCNCC1.Cl.Cl. The molecule has 0 amide bonds. The number of nitrogens with one attached hydrogen (secondary N) is 1. The molecule has 1 atom stereocenters. The Balaban J connectivity index is 0.00000200. The number of allylic oxidation sites excluding steroid dienone is 1. The summed E-state index contributed by atoms with van der Waals surface area (Å²) in [4.78, 5) is 2.37. The van der Waals surface area contributed by atoms with Crippen LogP contribution in [0.1, 0.15) is 24.4 Å². The zero-order valence-electron chi connectivity index (χ0n) is 11.9. The smallest absolute Gasteiger partial charge is 0.142 e. The number of rotatable bonds is 5. The minimum absolute atomic E-state index is 0. The molecule has 0 spiro atoms. The summed E-state index contributed by atoms with van der Waals surface area (Å²) in [5.74, 6) is -0.130. The predicted molar refractivity (Wildman–Crippen MR) is 95.2 cm³/mol. The third-order valence-electron chi connectivity index (χ3n) is 3.58. The second-order valence-corrected chi connectivity index (χ2v) is 5.67. The first kappa shape index (κ1) is 20.9. The molecule has 0 bridgehead atoms. The van der Waals surface area contributed by atoms with Crippen LogP contribution in [0.2, 0.25) is 0 Å². The van der Waals surface area contributed by atoms with Crippen molar-refractivity contribution >= 4 is 40.7 Å². The molecule has 1 aliphatic heterocycles. The summed E-state index contributed by atoms with van der Waals surface area (Å²) in [6, 6.07) is 5.69. The molecule has 0 saturated carbocycles. The van der Waals surface area contributed by atoms with Gasteiger partial charge in [-0.1, -0.05) is 18.2 Å². The van der Waals surface area contributed by atoms with Gasteiger partial charge in [-0.05, 0) is 34.8 Å². The molecule has 1 aliphatic rings. The second kappa shape index (κ2) is 10.6. The van der Waals surface area contributed by atoms with Crippen molar-refractivity contribution in [1.82, 2.24) is 10.2 Å². The summed E-state index contributed by atoms with van der Waals surface area (Å²) in [5, 5.41) is 3.34. The Hall–Kier alpha value is -0.130. The van der Waals surface area contributed by atoms with E-state index in [2.05, 4.69) is 32.7 Å². The van der Waals surface area contributed by atoms with Crippen LogP contribution in [0.25, 0.3) is 0 Å². The molecule has 120 valence electrons. The molecule has 0 aliphatic carbocycles. The van der Waals surface area contributed by atoms with Crippen LogP contribution in [0.15, 0.2) is 35.3 Å². The fourth-order valence-corrected chi connectivity index (χ4v) is 2.96. The van der Waals surface area contributed by atoms with Crippen molar-refractivity contribution in [2.24, 2.45) is 0 Å². The number of nitrogens with zero attached hydrogens (tertiary/aromatic N) is 1. The van der Waals surface area contributed by atoms with Crippen LogP contribution in [-0.4, -0.2) is 31.1 Å². The fraction of sp³-hybridized carbons (Fsp3) is 0.467. The zero-order valence-corrected chi connectivity index (χ0v) is 15.1. The summed E-state index contributed by atoms with van der Waals surface area (Å²) in [5.41, 5.74) is 0.790. The predicted octanol–water partition coefficient (Wildman–Crippen LogP) is 4.34. The standard InChI is InChI=1S/C15H20BrFN2.2ClH/c1-2-3-7-14(19-10-8-18-9-11-19)12-5-4-6-13(16)15(12)17;;/h2,4-6,14,18H,1,3,7-11H2;2*1H/t14-;;/m0../s1. The molecular formula is C15H22BrCl2FN2. The van der Waals surface area contributed by atoms with E-state index < -0.39 is 0 Å². The van der Waals surface area contributed by atoms with E-state index in [1.54, 1.807) is 6.07 Å². The molecule has 6 heteroatoms. The summed E-state index contributed by atoms with van der Waals surface area (Å²) in [6.45, 7) is 7.65. The lowest BCUT2D eigenvalue weighted by molar-refractivity contribution is 0.163. The maximum atomic E-state index is 14.3. The molecule has 0 radical (unpaired) electrons. The van der Waals surface area contributed by atoms with Crippen molar-refractivity contribution < 1.29 is 4.39 Å². The van der Waals surface area contributed by atoms with Crippen LogP contribution in [0.3, 0.4) is 0 Å². The summed E-state index contributed by atoms with van der Waals surface area (Å²) >= 11 is 3.28. The number of benzene rings is 1. The van der Waals surface area contributed by atoms with Gasteiger partial charge in [0.15, 0.2) is 0 Å². The maximum Gasteiger partial charge on any atom is 0.142 e. The zero-order chi connectivity index (χ0) is 13.7. The van der Waals surface area contributed by atoms with Gasteiger partial charge < -0.3 is 5.32 Å². The highest BCUT2D eigenvalue weighted by Gasteiger charge is 2.24. The van der Waals surface area contributed by atoms with Gasteiger partial charge in [0.05, 0.1) is 4.47 Å². The Morgan fingerprint density at radius 3 is 2.62 bits per heavy atom. The second-order valence-electron chi connectivity index (χ2n) is 4.81. The van der Waals surface area contributed by atoms with E-state index in [0.29, 0.717) is 4.47 Å². The Morgan fingerprint density at radius 1 is 1.33 bits per heavy atom. The van der Waals surface area contributed by atoms with E-state index in [4.69, 9.17) is 0 Å². The molecule has 1 heterocycles. The van der Waals surface area contributed by atoms with E-state index in [1.165, 1.54) is 0 Å². The molecule has 1 aromatic carbocycles. The van der Waals surface area contributed by atoms with Crippen LogP contribution < -0.4 is 5.32 Å². The van der Waals surface area contributed by atoms with Crippen molar-refractivity contribution in [3.05, 3.63) is 46.7 Å². The third kappa shape index (κ3) is 5.53. The van der Waals surface area contributed by atoms with Crippen molar-refractivity contribution in [1.29, 1.82) is 0 Å². The number of hydrogen-bond donors (Lipinski definition) is 1. The van der Waals surface area contributed by atoms with Gasteiger partial charge in [0.2, 0.25) is 0 Å². The van der Waals surface area contributed by atoms with Gasteiger partial charge in [0, 0.05) is 37.8 Å². The van der Waals surface area contributed by atoms with Crippen LogP contribution in [0.5, 0.6) is 0 Å². The normalized spacial score (nSPS) is 16.5. The fourth-order valence-electron chi connectivity index (χ4n) is 2.58. The lowest BCUT2D eigenvalue weighted by Gasteiger charge is -2.35. The van der Waals surface area contributed by atoms with Crippen LogP contribution in [0, 0.1) is 5.82 Å². The van der Waals surface area contributed by atoms with Crippen molar-refractivity contribution in [3.8, 4) is 0 Å². The molecule has 0 unspecified atom stereocenters. The van der Waals surface area contributed by atoms with Crippen LogP contribution in [-0.2, 0) is 0 Å². The quantitative estimate of drug-likeness (QED) is 0.740. The monoisotopic (exact) mass is 398 g/mol. The van der Waals surface area contributed by atoms with Crippen molar-refractivity contribution in [2.75, 3.05) is 26.2 Å². The van der Waals surface area contributed by atoms with E-state index in [1.807, 2.05) is 18.2 Å². The minimum atomic E-state index is -0.130. The number of piperazine rings is 1. The molecule has 1 aromatic rings. The average Bonchev–Trinajstić information content (AvgIpc) is 2.45. The van der Waals surface area contributed by atoms with Gasteiger partial charge in [-0.2, -0.15) is 0 Å². The first-order chi connectivity index (χ1) is 9.24.